The van der Waals surface area contributed by atoms with E-state index in [-0.39, 0.29) is 16.8 Å². The summed E-state index contributed by atoms with van der Waals surface area (Å²) in [5.41, 5.74) is 0.716. The second-order valence-corrected chi connectivity index (χ2v) is 9.43. The number of amides is 1. The Morgan fingerprint density at radius 3 is 2.21 bits per heavy atom. The predicted molar refractivity (Wildman–Crippen MR) is 114 cm³/mol. The quantitative estimate of drug-likeness (QED) is 0.682. The van der Waals surface area contributed by atoms with Crippen molar-refractivity contribution in [2.24, 2.45) is 5.92 Å². The van der Waals surface area contributed by atoms with Gasteiger partial charge in [-0.1, -0.05) is 11.6 Å². The Kier molecular flexibility index (Phi) is 6.51. The highest BCUT2D eigenvalue weighted by Gasteiger charge is 2.37. The third kappa shape index (κ3) is 5.10. The number of methoxy groups -OCH3 is 1. The van der Waals surface area contributed by atoms with Crippen LogP contribution >= 0.6 is 11.6 Å². The minimum atomic E-state index is -3.85. The van der Waals surface area contributed by atoms with Crippen LogP contribution in [0.3, 0.4) is 0 Å². The molecule has 2 atom stereocenters. The molecule has 1 fully saturated rings. The lowest BCUT2D eigenvalue weighted by Crippen LogP contribution is -2.50. The molecule has 1 unspecified atom stereocenters. The molecule has 0 radical (unpaired) electrons. The molecular formula is C21H25ClN2O4S. The van der Waals surface area contributed by atoms with E-state index >= 15 is 0 Å². The van der Waals surface area contributed by atoms with Crippen LogP contribution < -0.4 is 14.4 Å². The number of benzene rings is 2. The first-order valence-electron chi connectivity index (χ1n) is 9.48. The highest BCUT2D eigenvalue weighted by Crippen LogP contribution is 2.37. The summed E-state index contributed by atoms with van der Waals surface area (Å²) in [5, 5.41) is 0.442. The van der Waals surface area contributed by atoms with Crippen LogP contribution in [-0.4, -0.2) is 33.5 Å². The number of sulfonamides is 1. The van der Waals surface area contributed by atoms with Gasteiger partial charge in [0.2, 0.25) is 15.9 Å². The second-order valence-electron chi connectivity index (χ2n) is 7.28. The molecule has 2 aromatic carbocycles. The molecule has 1 N–H and O–H groups in total. The number of carbonyl (C=O) groups excluding carboxylic acids is 1. The molecule has 0 aromatic heterocycles. The topological polar surface area (TPSA) is 75.7 Å². The number of hydrogen-bond donors (Lipinski definition) is 1. The zero-order chi connectivity index (χ0) is 21.2. The Bertz CT molecular complexity index is 957. The van der Waals surface area contributed by atoms with Crippen molar-refractivity contribution in [2.45, 2.75) is 43.7 Å². The Morgan fingerprint density at radius 1 is 1.10 bits per heavy atom. The van der Waals surface area contributed by atoms with Crippen molar-refractivity contribution in [3.63, 3.8) is 0 Å². The largest absolute Gasteiger partial charge is 0.497 e. The number of hydrogen-bond acceptors (Lipinski definition) is 4. The fourth-order valence-electron chi connectivity index (χ4n) is 3.27. The van der Waals surface area contributed by atoms with Crippen molar-refractivity contribution in [2.75, 3.05) is 12.0 Å². The second kappa shape index (κ2) is 8.73. The van der Waals surface area contributed by atoms with Crippen molar-refractivity contribution in [3.05, 3.63) is 53.6 Å². The van der Waals surface area contributed by atoms with Gasteiger partial charge in [0.1, 0.15) is 5.75 Å². The van der Waals surface area contributed by atoms with Crippen LogP contribution in [0.15, 0.2) is 53.4 Å². The van der Waals surface area contributed by atoms with E-state index in [1.807, 2.05) is 19.1 Å². The van der Waals surface area contributed by atoms with Gasteiger partial charge in [0.25, 0.3) is 0 Å². The third-order valence-corrected chi connectivity index (χ3v) is 6.93. The fourth-order valence-corrected chi connectivity index (χ4v) is 4.59. The lowest BCUT2D eigenvalue weighted by atomic mass is 10.1. The summed E-state index contributed by atoms with van der Waals surface area (Å²) in [5.74, 6) is 0.810. The number of halogens is 1. The van der Waals surface area contributed by atoms with Gasteiger partial charge in [0.05, 0.1) is 18.0 Å². The Labute approximate surface area is 176 Å². The van der Waals surface area contributed by atoms with Gasteiger partial charge >= 0.3 is 0 Å². The summed E-state index contributed by atoms with van der Waals surface area (Å²) in [4.78, 5) is 15.0. The summed E-state index contributed by atoms with van der Waals surface area (Å²) in [7, 11) is -2.27. The Morgan fingerprint density at radius 2 is 1.69 bits per heavy atom. The molecule has 156 valence electrons. The molecule has 0 bridgehead atoms. The van der Waals surface area contributed by atoms with Gasteiger partial charge in [0, 0.05) is 16.8 Å². The van der Waals surface area contributed by atoms with Crippen LogP contribution in [0.1, 0.15) is 26.7 Å². The molecule has 29 heavy (non-hydrogen) atoms. The van der Waals surface area contributed by atoms with Crippen LogP contribution in [-0.2, 0) is 14.8 Å². The van der Waals surface area contributed by atoms with E-state index in [0.717, 1.165) is 12.8 Å². The van der Waals surface area contributed by atoms with Crippen molar-refractivity contribution < 1.29 is 17.9 Å². The summed E-state index contributed by atoms with van der Waals surface area (Å²) in [6, 6.07) is 12.1. The van der Waals surface area contributed by atoms with Crippen LogP contribution in [0.4, 0.5) is 5.69 Å². The third-order valence-electron chi connectivity index (χ3n) is 5.13. The van der Waals surface area contributed by atoms with E-state index in [1.54, 1.807) is 31.1 Å². The highest BCUT2D eigenvalue weighted by molar-refractivity contribution is 7.89. The van der Waals surface area contributed by atoms with Crippen LogP contribution in [0, 0.1) is 5.92 Å². The van der Waals surface area contributed by atoms with Gasteiger partial charge in [-0.25, -0.2) is 8.42 Å². The normalized spacial score (nSPS) is 16.1. The Balaban J connectivity index is 1.83. The molecule has 0 spiro atoms. The van der Waals surface area contributed by atoms with Crippen molar-refractivity contribution in [3.8, 4) is 5.75 Å². The number of ether oxygens (including phenoxy) is 1. The number of nitrogens with one attached hydrogen (secondary N) is 1. The lowest BCUT2D eigenvalue weighted by Gasteiger charge is -2.32. The first kappa shape index (κ1) is 21.6. The number of rotatable bonds is 8. The molecule has 8 heteroatoms. The zero-order valence-corrected chi connectivity index (χ0v) is 18.2. The average molecular weight is 437 g/mol. The van der Waals surface area contributed by atoms with Crippen molar-refractivity contribution in [1.29, 1.82) is 0 Å². The fraction of sp³-hybridized carbons (Fsp3) is 0.381. The van der Waals surface area contributed by atoms with Gasteiger partial charge in [-0.15, -0.1) is 0 Å². The number of nitrogens with zero attached hydrogens (tertiary/aromatic N) is 1. The van der Waals surface area contributed by atoms with Crippen molar-refractivity contribution >= 4 is 33.2 Å². The highest BCUT2D eigenvalue weighted by atomic mass is 35.5. The van der Waals surface area contributed by atoms with Crippen molar-refractivity contribution in [1.82, 2.24) is 4.72 Å². The van der Waals surface area contributed by atoms with Gasteiger partial charge in [0.15, 0.2) is 0 Å². The molecule has 0 heterocycles. The molecule has 2 aromatic rings. The molecule has 1 aliphatic rings. The maximum absolute atomic E-state index is 13.3. The standard InChI is InChI=1S/C21H25ClN2O4S/c1-14(23-29(26,27)20-12-6-17(22)7-13-20)21(25)24(15(2)16-4-5-16)18-8-10-19(28-3)11-9-18/h6-16,23H,4-5H2,1-3H3/t14-,15?/m0/s1. The van der Waals surface area contributed by atoms with E-state index < -0.39 is 16.1 Å². The molecule has 1 amide bonds. The monoisotopic (exact) mass is 436 g/mol. The minimum Gasteiger partial charge on any atom is -0.497 e. The summed E-state index contributed by atoms with van der Waals surface area (Å²) < 4.78 is 33.0. The van der Waals surface area contributed by atoms with E-state index in [1.165, 1.54) is 24.3 Å². The Hall–Kier alpha value is -2.09. The van der Waals surface area contributed by atoms with E-state index in [9.17, 15) is 13.2 Å². The van der Waals surface area contributed by atoms with Gasteiger partial charge in [-0.2, -0.15) is 4.72 Å². The SMILES string of the molecule is COc1ccc(N(C(=O)[C@H](C)NS(=O)(=O)c2ccc(Cl)cc2)C(C)C2CC2)cc1. The van der Waals surface area contributed by atoms with Crippen LogP contribution in [0.2, 0.25) is 5.02 Å². The lowest BCUT2D eigenvalue weighted by molar-refractivity contribution is -0.120. The van der Waals surface area contributed by atoms with E-state index in [0.29, 0.717) is 22.4 Å². The van der Waals surface area contributed by atoms with Crippen LogP contribution in [0.25, 0.3) is 0 Å². The minimum absolute atomic E-state index is 0.0293. The molecule has 3 rings (SSSR count). The maximum Gasteiger partial charge on any atom is 0.245 e. The molecular weight excluding hydrogens is 412 g/mol. The first-order chi connectivity index (χ1) is 13.7. The number of anilines is 1. The molecule has 0 aliphatic heterocycles. The molecule has 0 saturated heterocycles. The number of carbonyl (C=O) groups is 1. The maximum atomic E-state index is 13.3. The smallest absolute Gasteiger partial charge is 0.245 e. The molecule has 1 saturated carbocycles. The zero-order valence-electron chi connectivity index (χ0n) is 16.6. The molecule has 1 aliphatic carbocycles. The summed E-state index contributed by atoms with van der Waals surface area (Å²) in [6.45, 7) is 3.56. The average Bonchev–Trinajstić information content (AvgIpc) is 3.54. The first-order valence-corrected chi connectivity index (χ1v) is 11.3. The van der Waals surface area contributed by atoms with Gasteiger partial charge in [-0.3, -0.25) is 4.79 Å². The van der Waals surface area contributed by atoms with Gasteiger partial charge in [-0.05, 0) is 81.1 Å². The van der Waals surface area contributed by atoms with Crippen LogP contribution in [0.5, 0.6) is 5.75 Å². The predicted octanol–water partition coefficient (Wildman–Crippen LogP) is 3.85. The summed E-state index contributed by atoms with van der Waals surface area (Å²) in [6.07, 6.45) is 2.12. The van der Waals surface area contributed by atoms with E-state index in [4.69, 9.17) is 16.3 Å². The van der Waals surface area contributed by atoms with E-state index in [2.05, 4.69) is 4.72 Å². The van der Waals surface area contributed by atoms with Gasteiger partial charge < -0.3 is 9.64 Å². The molecule has 6 nitrogen and oxygen atoms in total. The summed E-state index contributed by atoms with van der Waals surface area (Å²) >= 11 is 5.83.